The lowest BCUT2D eigenvalue weighted by Crippen LogP contribution is -2.26. The highest BCUT2D eigenvalue weighted by atomic mass is 19.1. The number of nitrogens with zero attached hydrogens (tertiary/aromatic N) is 2. The standard InChI is InChI=1S/C7H7FN2O3/c8-4-2-10-6(13-3-4)1-5(9-10)7(11)12/h1,4H,2-3H2,(H,11,12)/t4-/m1/s1. The van der Waals surface area contributed by atoms with E-state index < -0.39 is 12.1 Å². The molecule has 0 bridgehead atoms. The number of ether oxygens (including phenoxy) is 1. The molecule has 0 aromatic carbocycles. The fourth-order valence-electron chi connectivity index (χ4n) is 1.17. The Hall–Kier alpha value is -1.59. The molecule has 0 saturated carbocycles. The van der Waals surface area contributed by atoms with Crippen molar-refractivity contribution in [1.29, 1.82) is 0 Å². The normalized spacial score (nSPS) is 20.5. The molecule has 13 heavy (non-hydrogen) atoms. The summed E-state index contributed by atoms with van der Waals surface area (Å²) in [6.07, 6.45) is -1.12. The van der Waals surface area contributed by atoms with Crippen LogP contribution in [0.5, 0.6) is 5.88 Å². The first kappa shape index (κ1) is 8.03. The summed E-state index contributed by atoms with van der Waals surface area (Å²) in [7, 11) is 0. The minimum atomic E-state index is -1.14. The molecule has 1 atom stereocenters. The van der Waals surface area contributed by atoms with Gasteiger partial charge in [-0.05, 0) is 0 Å². The van der Waals surface area contributed by atoms with Crippen LogP contribution in [0.15, 0.2) is 6.07 Å². The molecule has 1 aliphatic rings. The van der Waals surface area contributed by atoms with Crippen molar-refractivity contribution in [2.75, 3.05) is 6.61 Å². The third kappa shape index (κ3) is 1.34. The topological polar surface area (TPSA) is 64.3 Å². The number of carboxylic acid groups (broad SMARTS) is 1. The number of hydrogen-bond donors (Lipinski definition) is 1. The SMILES string of the molecule is O=C(O)c1cc2n(n1)C[C@@H](F)CO2. The van der Waals surface area contributed by atoms with E-state index >= 15 is 0 Å². The number of carboxylic acids is 1. The lowest BCUT2D eigenvalue weighted by atomic mass is 10.4. The second-order valence-electron chi connectivity index (χ2n) is 2.76. The van der Waals surface area contributed by atoms with E-state index in [-0.39, 0.29) is 18.8 Å². The third-order valence-corrected chi connectivity index (χ3v) is 1.75. The molecular formula is C7H7FN2O3. The molecule has 0 fully saturated rings. The number of aromatic carboxylic acids is 1. The van der Waals surface area contributed by atoms with Gasteiger partial charge in [-0.25, -0.2) is 13.9 Å². The molecule has 70 valence electrons. The highest BCUT2D eigenvalue weighted by Gasteiger charge is 2.22. The maximum Gasteiger partial charge on any atom is 0.356 e. The van der Waals surface area contributed by atoms with Crippen molar-refractivity contribution in [3.8, 4) is 5.88 Å². The molecule has 1 aliphatic heterocycles. The monoisotopic (exact) mass is 186 g/mol. The van der Waals surface area contributed by atoms with E-state index in [1.165, 1.54) is 10.7 Å². The van der Waals surface area contributed by atoms with Gasteiger partial charge in [0.2, 0.25) is 5.88 Å². The molecular weight excluding hydrogens is 179 g/mol. The van der Waals surface area contributed by atoms with Crippen LogP contribution in [0.25, 0.3) is 0 Å². The molecule has 1 aromatic heterocycles. The maximum atomic E-state index is 12.7. The molecule has 5 nitrogen and oxygen atoms in total. The average molecular weight is 186 g/mol. The van der Waals surface area contributed by atoms with Crippen LogP contribution in [0.1, 0.15) is 10.5 Å². The van der Waals surface area contributed by atoms with Crippen LogP contribution in [0.2, 0.25) is 0 Å². The van der Waals surface area contributed by atoms with Crippen LogP contribution in [-0.4, -0.2) is 33.6 Å². The lowest BCUT2D eigenvalue weighted by Gasteiger charge is -2.17. The summed E-state index contributed by atoms with van der Waals surface area (Å²) in [5, 5.41) is 12.2. The Kier molecular flexibility index (Phi) is 1.68. The van der Waals surface area contributed by atoms with E-state index in [1.54, 1.807) is 0 Å². The smallest absolute Gasteiger partial charge is 0.356 e. The summed E-state index contributed by atoms with van der Waals surface area (Å²) in [5.74, 6) is -0.827. The Morgan fingerprint density at radius 1 is 1.85 bits per heavy atom. The van der Waals surface area contributed by atoms with Gasteiger partial charge in [-0.2, -0.15) is 5.10 Å². The molecule has 0 aliphatic carbocycles. The molecule has 0 amide bonds. The average Bonchev–Trinajstić information content (AvgIpc) is 2.46. The second-order valence-corrected chi connectivity index (χ2v) is 2.76. The first-order valence-electron chi connectivity index (χ1n) is 3.75. The quantitative estimate of drug-likeness (QED) is 0.685. The van der Waals surface area contributed by atoms with Crippen molar-refractivity contribution < 1.29 is 19.0 Å². The van der Waals surface area contributed by atoms with Crippen molar-refractivity contribution in [1.82, 2.24) is 9.78 Å². The van der Waals surface area contributed by atoms with Gasteiger partial charge >= 0.3 is 5.97 Å². The highest BCUT2D eigenvalue weighted by Crippen LogP contribution is 2.19. The molecule has 2 heterocycles. The number of aromatic nitrogens is 2. The van der Waals surface area contributed by atoms with Crippen LogP contribution in [0.3, 0.4) is 0 Å². The summed E-state index contributed by atoms with van der Waals surface area (Å²) in [4.78, 5) is 10.5. The zero-order chi connectivity index (χ0) is 9.42. The molecule has 1 aromatic rings. The Bertz CT molecular complexity index is 350. The number of halogens is 1. The van der Waals surface area contributed by atoms with E-state index in [2.05, 4.69) is 5.10 Å². The number of rotatable bonds is 1. The Balaban J connectivity index is 2.33. The summed E-state index contributed by atoms with van der Waals surface area (Å²) in [6, 6.07) is 1.29. The van der Waals surface area contributed by atoms with Crippen LogP contribution in [0, 0.1) is 0 Å². The molecule has 1 N–H and O–H groups in total. The highest BCUT2D eigenvalue weighted by molar-refractivity contribution is 5.85. The van der Waals surface area contributed by atoms with Gasteiger partial charge in [0.15, 0.2) is 11.9 Å². The van der Waals surface area contributed by atoms with Gasteiger partial charge in [0, 0.05) is 6.07 Å². The minimum Gasteiger partial charge on any atom is -0.476 e. The van der Waals surface area contributed by atoms with E-state index in [0.29, 0.717) is 5.88 Å². The van der Waals surface area contributed by atoms with Gasteiger partial charge in [-0.15, -0.1) is 0 Å². The fraction of sp³-hybridized carbons (Fsp3) is 0.429. The van der Waals surface area contributed by atoms with Crippen LogP contribution in [0.4, 0.5) is 4.39 Å². The Morgan fingerprint density at radius 2 is 2.62 bits per heavy atom. The van der Waals surface area contributed by atoms with E-state index in [0.717, 1.165) is 0 Å². The zero-order valence-corrected chi connectivity index (χ0v) is 6.61. The van der Waals surface area contributed by atoms with Crippen molar-refractivity contribution in [3.63, 3.8) is 0 Å². The van der Waals surface area contributed by atoms with Crippen molar-refractivity contribution in [3.05, 3.63) is 11.8 Å². The fourth-order valence-corrected chi connectivity index (χ4v) is 1.17. The van der Waals surface area contributed by atoms with E-state index in [4.69, 9.17) is 9.84 Å². The number of fused-ring (bicyclic) bond motifs is 1. The van der Waals surface area contributed by atoms with Crippen molar-refractivity contribution in [2.45, 2.75) is 12.7 Å². The molecule has 6 heteroatoms. The Morgan fingerprint density at radius 3 is 3.31 bits per heavy atom. The number of carbonyl (C=O) groups is 1. The van der Waals surface area contributed by atoms with E-state index in [9.17, 15) is 9.18 Å². The summed E-state index contributed by atoms with van der Waals surface area (Å²) in [6.45, 7) is 0.0212. The summed E-state index contributed by atoms with van der Waals surface area (Å²) >= 11 is 0. The zero-order valence-electron chi connectivity index (χ0n) is 6.61. The van der Waals surface area contributed by atoms with Gasteiger partial charge in [-0.3, -0.25) is 0 Å². The predicted octanol–water partition coefficient (Wildman–Crippen LogP) is 0.312. The minimum absolute atomic E-state index is 0.0370. The van der Waals surface area contributed by atoms with E-state index in [1.807, 2.05) is 0 Å². The first-order valence-corrected chi connectivity index (χ1v) is 3.75. The predicted molar refractivity (Wildman–Crippen MR) is 39.6 cm³/mol. The van der Waals surface area contributed by atoms with Crippen LogP contribution in [-0.2, 0) is 6.54 Å². The largest absolute Gasteiger partial charge is 0.476 e. The van der Waals surface area contributed by atoms with Crippen molar-refractivity contribution >= 4 is 5.97 Å². The lowest BCUT2D eigenvalue weighted by molar-refractivity contribution is 0.0688. The third-order valence-electron chi connectivity index (χ3n) is 1.75. The maximum absolute atomic E-state index is 12.7. The van der Waals surface area contributed by atoms with Gasteiger partial charge in [0.1, 0.15) is 6.61 Å². The van der Waals surface area contributed by atoms with Gasteiger partial charge in [0.05, 0.1) is 6.54 Å². The molecule has 0 spiro atoms. The second kappa shape index (κ2) is 2.72. The van der Waals surface area contributed by atoms with Crippen LogP contribution >= 0.6 is 0 Å². The molecule has 0 saturated heterocycles. The first-order chi connectivity index (χ1) is 6.16. The van der Waals surface area contributed by atoms with Gasteiger partial charge in [-0.1, -0.05) is 0 Å². The summed E-state index contributed by atoms with van der Waals surface area (Å²) < 4.78 is 18.9. The summed E-state index contributed by atoms with van der Waals surface area (Å²) in [5.41, 5.74) is -0.121. The van der Waals surface area contributed by atoms with Gasteiger partial charge in [0.25, 0.3) is 0 Å². The number of hydrogen-bond acceptors (Lipinski definition) is 3. The van der Waals surface area contributed by atoms with Crippen LogP contribution < -0.4 is 4.74 Å². The Labute approximate surface area is 72.7 Å². The molecule has 2 rings (SSSR count). The molecule has 0 unspecified atom stereocenters. The van der Waals surface area contributed by atoms with Gasteiger partial charge < -0.3 is 9.84 Å². The number of alkyl halides is 1. The van der Waals surface area contributed by atoms with Crippen molar-refractivity contribution in [2.24, 2.45) is 0 Å². The molecule has 0 radical (unpaired) electrons.